The number of nitro groups is 1. The Morgan fingerprint density at radius 3 is 2.72 bits per heavy atom. The van der Waals surface area contributed by atoms with Crippen molar-refractivity contribution in [3.63, 3.8) is 0 Å². The van der Waals surface area contributed by atoms with Gasteiger partial charge in [-0.1, -0.05) is 32.9 Å². The van der Waals surface area contributed by atoms with E-state index in [1.165, 1.54) is 12.1 Å². The standard InChI is InChI=1S/C24H27N5O3/c1-4-6-21-27-22-23(28(21)13-15(2)3)19-10-9-18(12-20(19)26-24(22)25)32-14-16-7-5-8-17(11-16)29(30)31/h5,7-12,15H,4,6,13-14H2,1-3H3,(H2,25,26). The van der Waals surface area contributed by atoms with Gasteiger partial charge in [-0.2, -0.15) is 0 Å². The molecule has 4 rings (SSSR count). The van der Waals surface area contributed by atoms with Gasteiger partial charge in [-0.25, -0.2) is 9.97 Å². The number of benzene rings is 2. The monoisotopic (exact) mass is 433 g/mol. The molecule has 4 aromatic rings. The Balaban J connectivity index is 1.72. The van der Waals surface area contributed by atoms with Crippen molar-refractivity contribution in [1.82, 2.24) is 14.5 Å². The number of imidazole rings is 1. The Labute approximate surface area is 186 Å². The number of hydrogen-bond donors (Lipinski definition) is 1. The lowest BCUT2D eigenvalue weighted by Gasteiger charge is -2.13. The van der Waals surface area contributed by atoms with Gasteiger partial charge in [0.15, 0.2) is 5.82 Å². The first-order valence-corrected chi connectivity index (χ1v) is 10.8. The first-order valence-electron chi connectivity index (χ1n) is 10.8. The van der Waals surface area contributed by atoms with Crippen LogP contribution in [0.3, 0.4) is 0 Å². The maximum Gasteiger partial charge on any atom is 0.269 e. The van der Waals surface area contributed by atoms with Crippen molar-refractivity contribution in [3.8, 4) is 5.75 Å². The Morgan fingerprint density at radius 1 is 1.19 bits per heavy atom. The molecule has 2 heterocycles. The maximum atomic E-state index is 11.0. The van der Waals surface area contributed by atoms with Crippen LogP contribution >= 0.6 is 0 Å². The SMILES string of the molecule is CCCc1nc2c(N)nc3cc(OCc4cccc([N+](=O)[O-])c4)ccc3c2n1CC(C)C. The van der Waals surface area contributed by atoms with E-state index in [2.05, 4.69) is 30.3 Å². The number of fused-ring (bicyclic) bond motifs is 3. The molecule has 0 aliphatic heterocycles. The first kappa shape index (κ1) is 21.5. The van der Waals surface area contributed by atoms with Crippen LogP contribution in [0.4, 0.5) is 11.5 Å². The van der Waals surface area contributed by atoms with Crippen molar-refractivity contribution >= 4 is 33.4 Å². The Kier molecular flexibility index (Phi) is 5.94. The molecular weight excluding hydrogens is 406 g/mol. The zero-order valence-corrected chi connectivity index (χ0v) is 18.5. The van der Waals surface area contributed by atoms with Crippen LogP contribution in [0.5, 0.6) is 5.75 Å². The van der Waals surface area contributed by atoms with Crippen LogP contribution in [-0.4, -0.2) is 19.5 Å². The maximum absolute atomic E-state index is 11.0. The quantitative estimate of drug-likeness (QED) is 0.300. The highest BCUT2D eigenvalue weighted by Gasteiger charge is 2.18. The Morgan fingerprint density at radius 2 is 2.00 bits per heavy atom. The second kappa shape index (κ2) is 8.82. The first-order chi connectivity index (χ1) is 15.4. The normalized spacial score (nSPS) is 11.5. The molecule has 166 valence electrons. The molecule has 2 aromatic heterocycles. The Bertz CT molecular complexity index is 1300. The van der Waals surface area contributed by atoms with Crippen LogP contribution in [0, 0.1) is 16.0 Å². The highest BCUT2D eigenvalue weighted by atomic mass is 16.6. The molecule has 0 atom stereocenters. The molecule has 0 spiro atoms. The second-order valence-electron chi connectivity index (χ2n) is 8.37. The van der Waals surface area contributed by atoms with Gasteiger partial charge in [0.25, 0.3) is 5.69 Å². The van der Waals surface area contributed by atoms with Gasteiger partial charge in [0.05, 0.1) is 16.0 Å². The number of nitro benzene ring substituents is 1. The van der Waals surface area contributed by atoms with Crippen molar-refractivity contribution in [1.29, 1.82) is 0 Å². The molecule has 0 amide bonds. The van der Waals surface area contributed by atoms with Gasteiger partial charge < -0.3 is 15.0 Å². The largest absolute Gasteiger partial charge is 0.489 e. The summed E-state index contributed by atoms with van der Waals surface area (Å²) in [6.07, 6.45) is 1.88. The van der Waals surface area contributed by atoms with Gasteiger partial charge in [-0.15, -0.1) is 0 Å². The lowest BCUT2D eigenvalue weighted by atomic mass is 10.1. The summed E-state index contributed by atoms with van der Waals surface area (Å²) in [5.74, 6) is 2.52. The number of hydrogen-bond acceptors (Lipinski definition) is 6. The highest BCUT2D eigenvalue weighted by molar-refractivity contribution is 6.06. The van der Waals surface area contributed by atoms with E-state index in [-0.39, 0.29) is 12.3 Å². The number of non-ortho nitro benzene ring substituents is 1. The lowest BCUT2D eigenvalue weighted by Crippen LogP contribution is -2.09. The number of aryl methyl sites for hydroxylation is 1. The molecular formula is C24H27N5O3. The van der Waals surface area contributed by atoms with E-state index in [1.54, 1.807) is 12.1 Å². The smallest absolute Gasteiger partial charge is 0.269 e. The van der Waals surface area contributed by atoms with Crippen LogP contribution in [0.15, 0.2) is 42.5 Å². The minimum Gasteiger partial charge on any atom is -0.489 e. The van der Waals surface area contributed by atoms with Crippen molar-refractivity contribution in [3.05, 3.63) is 64.0 Å². The summed E-state index contributed by atoms with van der Waals surface area (Å²) in [5.41, 5.74) is 9.55. The molecule has 0 bridgehead atoms. The molecule has 0 saturated heterocycles. The number of nitrogens with two attached hydrogens (primary N) is 1. The fourth-order valence-corrected chi connectivity index (χ4v) is 3.93. The van der Waals surface area contributed by atoms with E-state index in [0.717, 1.165) is 52.7 Å². The van der Waals surface area contributed by atoms with E-state index in [9.17, 15) is 10.1 Å². The number of pyridine rings is 1. The molecule has 0 saturated carbocycles. The van der Waals surface area contributed by atoms with Gasteiger partial charge in [-0.3, -0.25) is 10.1 Å². The molecule has 0 aliphatic rings. The van der Waals surface area contributed by atoms with Crippen LogP contribution in [0.2, 0.25) is 0 Å². The second-order valence-corrected chi connectivity index (χ2v) is 8.37. The molecule has 2 aromatic carbocycles. The number of nitrogen functional groups attached to an aromatic ring is 1. The lowest BCUT2D eigenvalue weighted by molar-refractivity contribution is -0.384. The minimum atomic E-state index is -0.412. The van der Waals surface area contributed by atoms with Crippen molar-refractivity contribution < 1.29 is 9.66 Å². The summed E-state index contributed by atoms with van der Waals surface area (Å²) in [6.45, 7) is 7.60. The predicted molar refractivity (Wildman–Crippen MR) is 126 cm³/mol. The summed E-state index contributed by atoms with van der Waals surface area (Å²) in [7, 11) is 0. The summed E-state index contributed by atoms with van der Waals surface area (Å²) in [5, 5.41) is 12.0. The number of aromatic nitrogens is 3. The van der Waals surface area contributed by atoms with Crippen LogP contribution in [-0.2, 0) is 19.6 Å². The summed E-state index contributed by atoms with van der Waals surface area (Å²) >= 11 is 0. The van der Waals surface area contributed by atoms with Gasteiger partial charge >= 0.3 is 0 Å². The zero-order chi connectivity index (χ0) is 22.8. The predicted octanol–water partition coefficient (Wildman–Crippen LogP) is 5.26. The summed E-state index contributed by atoms with van der Waals surface area (Å²) in [4.78, 5) is 20.0. The number of rotatable bonds is 8. The molecule has 32 heavy (non-hydrogen) atoms. The molecule has 8 heteroatoms. The summed E-state index contributed by atoms with van der Waals surface area (Å²) in [6, 6.07) is 12.2. The number of ether oxygens (including phenoxy) is 1. The topological polar surface area (TPSA) is 109 Å². The van der Waals surface area contributed by atoms with Crippen molar-refractivity contribution in [2.24, 2.45) is 5.92 Å². The van der Waals surface area contributed by atoms with E-state index in [4.69, 9.17) is 15.5 Å². The van der Waals surface area contributed by atoms with Crippen LogP contribution in [0.25, 0.3) is 21.9 Å². The molecule has 0 unspecified atom stereocenters. The molecule has 8 nitrogen and oxygen atoms in total. The fourth-order valence-electron chi connectivity index (χ4n) is 3.93. The average Bonchev–Trinajstić information content (AvgIpc) is 3.11. The van der Waals surface area contributed by atoms with Crippen molar-refractivity contribution in [2.45, 2.75) is 46.8 Å². The van der Waals surface area contributed by atoms with Gasteiger partial charge in [-0.05, 0) is 30.0 Å². The van der Waals surface area contributed by atoms with Gasteiger partial charge in [0.2, 0.25) is 0 Å². The van der Waals surface area contributed by atoms with Crippen molar-refractivity contribution in [2.75, 3.05) is 5.73 Å². The van der Waals surface area contributed by atoms with E-state index in [1.807, 2.05) is 18.2 Å². The van der Waals surface area contributed by atoms with Gasteiger partial charge in [0.1, 0.15) is 23.7 Å². The highest BCUT2D eigenvalue weighted by Crippen LogP contribution is 2.32. The Hall–Kier alpha value is -3.68. The van der Waals surface area contributed by atoms with Crippen LogP contribution < -0.4 is 10.5 Å². The fraction of sp³-hybridized carbons (Fsp3) is 0.333. The zero-order valence-electron chi connectivity index (χ0n) is 18.5. The number of nitrogens with zero attached hydrogens (tertiary/aromatic N) is 4. The number of anilines is 1. The molecule has 0 aliphatic carbocycles. The third kappa shape index (κ3) is 4.21. The summed E-state index contributed by atoms with van der Waals surface area (Å²) < 4.78 is 8.17. The third-order valence-electron chi connectivity index (χ3n) is 5.30. The van der Waals surface area contributed by atoms with E-state index in [0.29, 0.717) is 17.5 Å². The molecule has 2 N–H and O–H groups in total. The minimum absolute atomic E-state index is 0.0442. The van der Waals surface area contributed by atoms with E-state index >= 15 is 0 Å². The average molecular weight is 434 g/mol. The molecule has 0 radical (unpaired) electrons. The van der Waals surface area contributed by atoms with Gasteiger partial charge in [0, 0.05) is 36.6 Å². The third-order valence-corrected chi connectivity index (χ3v) is 5.30. The van der Waals surface area contributed by atoms with Crippen LogP contribution in [0.1, 0.15) is 38.6 Å². The van der Waals surface area contributed by atoms with E-state index < -0.39 is 4.92 Å². The molecule has 0 fully saturated rings.